The molecule has 1 aromatic carbocycles. The molecule has 2 fully saturated rings. The van der Waals surface area contributed by atoms with Gasteiger partial charge >= 0.3 is 0 Å². The summed E-state index contributed by atoms with van der Waals surface area (Å²) in [5.74, 6) is 2.17. The average molecular weight is 248 g/mol. The molecule has 1 aliphatic heterocycles. The Kier molecular flexibility index (Phi) is 3.46. The maximum Gasteiger partial charge on any atom is 0.0494 e. The number of benzene rings is 1. The quantitative estimate of drug-likeness (QED) is 0.786. The van der Waals surface area contributed by atoms with E-state index in [9.17, 15) is 0 Å². The lowest BCUT2D eigenvalue weighted by atomic mass is 10.1. The molecule has 0 amide bonds. The minimum atomic E-state index is -0.0981. The van der Waals surface area contributed by atoms with E-state index >= 15 is 0 Å². The predicted molar refractivity (Wildman–Crippen MR) is 74.5 cm³/mol. The first-order valence-corrected chi connectivity index (χ1v) is 8.19. The molecular formula is C14H21N2P. The van der Waals surface area contributed by atoms with E-state index in [0.717, 1.165) is 5.92 Å². The molecule has 0 spiro atoms. The Morgan fingerprint density at radius 3 is 2.47 bits per heavy atom. The van der Waals surface area contributed by atoms with Crippen LogP contribution in [0.15, 0.2) is 30.3 Å². The van der Waals surface area contributed by atoms with Crippen molar-refractivity contribution in [1.82, 2.24) is 10.9 Å². The lowest BCUT2D eigenvalue weighted by molar-refractivity contribution is 0.428. The van der Waals surface area contributed by atoms with Crippen LogP contribution in [-0.4, -0.2) is 11.6 Å². The SMILES string of the molecule is C[C@H]1NN[C@H](C2CCCC2)[P@@]1c1ccccc1. The Hall–Kier alpha value is -0.430. The van der Waals surface area contributed by atoms with Gasteiger partial charge in [0.2, 0.25) is 0 Å². The molecule has 1 heterocycles. The third-order valence-electron chi connectivity index (χ3n) is 4.06. The third kappa shape index (κ3) is 2.27. The first-order valence-electron chi connectivity index (χ1n) is 6.71. The van der Waals surface area contributed by atoms with E-state index in [1.54, 1.807) is 5.30 Å². The van der Waals surface area contributed by atoms with Crippen molar-refractivity contribution in [1.29, 1.82) is 0 Å². The molecule has 3 atom stereocenters. The molecule has 92 valence electrons. The highest BCUT2D eigenvalue weighted by Crippen LogP contribution is 2.51. The lowest BCUT2D eigenvalue weighted by Gasteiger charge is -2.26. The van der Waals surface area contributed by atoms with Crippen molar-refractivity contribution in [3.8, 4) is 0 Å². The van der Waals surface area contributed by atoms with Crippen LogP contribution in [0.2, 0.25) is 0 Å². The summed E-state index contributed by atoms with van der Waals surface area (Å²) in [6.45, 7) is 2.32. The Morgan fingerprint density at radius 1 is 1.06 bits per heavy atom. The lowest BCUT2D eigenvalue weighted by Crippen LogP contribution is -2.35. The zero-order chi connectivity index (χ0) is 11.7. The molecule has 0 bridgehead atoms. The van der Waals surface area contributed by atoms with Crippen molar-refractivity contribution in [2.75, 3.05) is 0 Å². The van der Waals surface area contributed by atoms with Crippen molar-refractivity contribution in [3.63, 3.8) is 0 Å². The van der Waals surface area contributed by atoms with Gasteiger partial charge in [0.1, 0.15) is 0 Å². The first-order chi connectivity index (χ1) is 8.36. The maximum absolute atomic E-state index is 3.58. The van der Waals surface area contributed by atoms with E-state index in [1.165, 1.54) is 25.7 Å². The predicted octanol–water partition coefficient (Wildman–Crippen LogP) is 2.76. The number of nitrogens with one attached hydrogen (secondary N) is 2. The molecule has 0 aromatic heterocycles. The molecule has 1 aliphatic carbocycles. The van der Waals surface area contributed by atoms with Gasteiger partial charge in [0, 0.05) is 11.6 Å². The van der Waals surface area contributed by atoms with Crippen LogP contribution in [0.25, 0.3) is 0 Å². The zero-order valence-electron chi connectivity index (χ0n) is 10.4. The van der Waals surface area contributed by atoms with Crippen LogP contribution in [0.5, 0.6) is 0 Å². The monoisotopic (exact) mass is 248 g/mol. The second-order valence-corrected chi connectivity index (χ2v) is 7.86. The first kappa shape index (κ1) is 11.6. The Bertz CT molecular complexity index is 362. The molecule has 0 radical (unpaired) electrons. The minimum absolute atomic E-state index is 0.0981. The van der Waals surface area contributed by atoms with Crippen molar-refractivity contribution < 1.29 is 0 Å². The fraction of sp³-hybridized carbons (Fsp3) is 0.571. The molecular weight excluding hydrogens is 227 g/mol. The fourth-order valence-electron chi connectivity index (χ4n) is 3.19. The molecule has 2 N–H and O–H groups in total. The van der Waals surface area contributed by atoms with Gasteiger partial charge < -0.3 is 0 Å². The van der Waals surface area contributed by atoms with Crippen molar-refractivity contribution in [2.24, 2.45) is 5.92 Å². The highest BCUT2D eigenvalue weighted by atomic mass is 31.1. The summed E-state index contributed by atoms with van der Waals surface area (Å²) in [6.07, 6.45) is 5.68. The summed E-state index contributed by atoms with van der Waals surface area (Å²) in [5, 5.41) is 1.55. The van der Waals surface area contributed by atoms with E-state index < -0.39 is 0 Å². The molecule has 1 saturated carbocycles. The molecule has 3 heteroatoms. The van der Waals surface area contributed by atoms with Gasteiger partial charge in [0.15, 0.2) is 0 Å². The highest BCUT2D eigenvalue weighted by Gasteiger charge is 2.39. The second-order valence-electron chi connectivity index (χ2n) is 5.20. The molecule has 0 unspecified atom stereocenters. The number of hydrogen-bond acceptors (Lipinski definition) is 2. The van der Waals surface area contributed by atoms with Crippen LogP contribution in [0.4, 0.5) is 0 Å². The minimum Gasteiger partial charge on any atom is -0.250 e. The van der Waals surface area contributed by atoms with Crippen LogP contribution in [-0.2, 0) is 0 Å². The Balaban J connectivity index is 1.84. The summed E-state index contributed by atoms with van der Waals surface area (Å²) >= 11 is 0. The van der Waals surface area contributed by atoms with Crippen LogP contribution in [0.3, 0.4) is 0 Å². The van der Waals surface area contributed by atoms with E-state index in [0.29, 0.717) is 11.6 Å². The van der Waals surface area contributed by atoms with Gasteiger partial charge in [-0.1, -0.05) is 43.2 Å². The maximum atomic E-state index is 3.58. The van der Waals surface area contributed by atoms with Gasteiger partial charge in [-0.05, 0) is 38.9 Å². The molecule has 1 aromatic rings. The van der Waals surface area contributed by atoms with E-state index in [-0.39, 0.29) is 7.92 Å². The van der Waals surface area contributed by atoms with E-state index in [1.807, 2.05) is 0 Å². The number of hydrazine groups is 1. The van der Waals surface area contributed by atoms with Gasteiger partial charge in [-0.15, -0.1) is 0 Å². The molecule has 1 saturated heterocycles. The van der Waals surface area contributed by atoms with Crippen LogP contribution < -0.4 is 16.2 Å². The van der Waals surface area contributed by atoms with Crippen LogP contribution in [0, 0.1) is 5.92 Å². The van der Waals surface area contributed by atoms with Crippen LogP contribution in [0.1, 0.15) is 32.6 Å². The number of rotatable bonds is 2. The summed E-state index contributed by atoms with van der Waals surface area (Å²) in [7, 11) is -0.0981. The van der Waals surface area contributed by atoms with Crippen molar-refractivity contribution in [2.45, 2.75) is 44.2 Å². The van der Waals surface area contributed by atoms with Gasteiger partial charge in [-0.2, -0.15) is 0 Å². The molecule has 17 heavy (non-hydrogen) atoms. The average Bonchev–Trinajstić information content (AvgIpc) is 2.98. The molecule has 2 nitrogen and oxygen atoms in total. The van der Waals surface area contributed by atoms with Gasteiger partial charge in [0.05, 0.1) is 0 Å². The summed E-state index contributed by atoms with van der Waals surface area (Å²) in [5.41, 5.74) is 7.05. The Morgan fingerprint density at radius 2 is 1.76 bits per heavy atom. The summed E-state index contributed by atoms with van der Waals surface area (Å²) < 4.78 is 0. The third-order valence-corrected chi connectivity index (χ3v) is 7.07. The zero-order valence-corrected chi connectivity index (χ0v) is 11.3. The van der Waals surface area contributed by atoms with Crippen LogP contribution >= 0.6 is 7.92 Å². The molecule has 3 rings (SSSR count). The largest absolute Gasteiger partial charge is 0.250 e. The van der Waals surface area contributed by atoms with Gasteiger partial charge in [0.25, 0.3) is 0 Å². The fourth-order valence-corrected chi connectivity index (χ4v) is 6.13. The molecule has 2 aliphatic rings. The van der Waals surface area contributed by atoms with Gasteiger partial charge in [-0.3, -0.25) is 0 Å². The topological polar surface area (TPSA) is 24.1 Å². The summed E-state index contributed by atoms with van der Waals surface area (Å²) in [6, 6.07) is 11.1. The van der Waals surface area contributed by atoms with E-state index in [4.69, 9.17) is 0 Å². The van der Waals surface area contributed by atoms with Crippen molar-refractivity contribution >= 4 is 13.2 Å². The normalized spacial score (nSPS) is 34.3. The second kappa shape index (κ2) is 5.06. The number of hydrogen-bond donors (Lipinski definition) is 2. The Labute approximate surface area is 105 Å². The highest BCUT2D eigenvalue weighted by molar-refractivity contribution is 7.67. The van der Waals surface area contributed by atoms with E-state index in [2.05, 4.69) is 48.1 Å². The summed E-state index contributed by atoms with van der Waals surface area (Å²) in [4.78, 5) is 0. The van der Waals surface area contributed by atoms with Crippen molar-refractivity contribution in [3.05, 3.63) is 30.3 Å². The smallest absolute Gasteiger partial charge is 0.0494 e. The van der Waals surface area contributed by atoms with Gasteiger partial charge in [-0.25, -0.2) is 10.9 Å². The standard InChI is InChI=1S/C14H21N2P/c1-11-15-16-14(12-7-5-6-8-12)17(11)13-9-3-2-4-10-13/h2-4,9-12,14-16H,5-8H2,1H3/t11-,14-,17+/m0/s1.